The lowest BCUT2D eigenvalue weighted by Gasteiger charge is -2.18. The van der Waals surface area contributed by atoms with Gasteiger partial charge in [-0.2, -0.15) is 0 Å². The molecule has 6 heteroatoms. The van der Waals surface area contributed by atoms with Gasteiger partial charge >= 0.3 is 17.9 Å². The lowest BCUT2D eigenvalue weighted by Crippen LogP contribution is -2.30. The largest absolute Gasteiger partial charge is 0.462 e. The molecule has 1 unspecified atom stereocenters. The molecule has 0 saturated heterocycles. The molecule has 0 aliphatic carbocycles. The Bertz CT molecular complexity index is 1440. The summed E-state index contributed by atoms with van der Waals surface area (Å²) in [6.45, 7) is 6.62. The zero-order valence-electron chi connectivity index (χ0n) is 54.3. The van der Waals surface area contributed by atoms with Crippen LogP contribution in [0, 0.1) is 0 Å². The first-order valence-corrected chi connectivity index (χ1v) is 35.8. The minimum absolute atomic E-state index is 0.0749. The molecule has 0 bridgehead atoms. The third-order valence-electron chi connectivity index (χ3n) is 16.0. The highest BCUT2D eigenvalue weighted by molar-refractivity contribution is 5.71. The summed E-state index contributed by atoms with van der Waals surface area (Å²) in [7, 11) is 0. The molecular formula is C75H136O6. The standard InChI is InChI=1S/C75H136O6/c1-4-7-10-13-16-19-22-25-27-29-31-33-34-35-36-37-38-39-40-42-43-45-47-50-53-56-59-62-65-68-74(77)80-71-72(70-79-73(76)67-64-61-58-55-52-49-24-21-18-15-12-9-6-3)81-75(78)69-66-63-60-57-54-51-48-46-44-41-32-30-28-26-23-20-17-14-11-8-5-2/h12,15,21-22,24-25,29,31,34-35,72H,4-11,13-14,16-20,23,26-28,30,32-33,36-71H2,1-3H3/b15-12-,24-21-,25-22-,31-29-,35-34-. The SMILES string of the molecule is CCC/C=C\C/C=C\CCCCCCCC(=O)OCC(COC(=O)CCCCCCCCCCCCCCCC/C=C\C/C=C\C/C=C\CCCCCCC)OC(=O)CCCCCCCCCCCCCCCCCCCCCCC. The van der Waals surface area contributed by atoms with Crippen molar-refractivity contribution in [2.45, 2.75) is 386 Å². The predicted octanol–water partition coefficient (Wildman–Crippen LogP) is 24.7. The second kappa shape index (κ2) is 69.6. The minimum Gasteiger partial charge on any atom is -0.462 e. The zero-order chi connectivity index (χ0) is 58.5. The van der Waals surface area contributed by atoms with Crippen molar-refractivity contribution in [3.63, 3.8) is 0 Å². The summed E-state index contributed by atoms with van der Waals surface area (Å²) >= 11 is 0. The van der Waals surface area contributed by atoms with E-state index in [1.54, 1.807) is 0 Å². The van der Waals surface area contributed by atoms with Crippen molar-refractivity contribution in [3.05, 3.63) is 60.8 Å². The van der Waals surface area contributed by atoms with Crippen LogP contribution in [0.1, 0.15) is 380 Å². The summed E-state index contributed by atoms with van der Waals surface area (Å²) in [5.74, 6) is -0.866. The fraction of sp³-hybridized carbons (Fsp3) is 0.827. The van der Waals surface area contributed by atoms with Crippen molar-refractivity contribution in [2.75, 3.05) is 13.2 Å². The van der Waals surface area contributed by atoms with E-state index >= 15 is 0 Å². The summed E-state index contributed by atoms with van der Waals surface area (Å²) in [5, 5.41) is 0. The van der Waals surface area contributed by atoms with Gasteiger partial charge in [0.15, 0.2) is 6.10 Å². The van der Waals surface area contributed by atoms with Crippen LogP contribution in [0.15, 0.2) is 60.8 Å². The fourth-order valence-electron chi connectivity index (χ4n) is 10.6. The van der Waals surface area contributed by atoms with Crippen molar-refractivity contribution in [3.8, 4) is 0 Å². The van der Waals surface area contributed by atoms with Crippen LogP contribution in [-0.2, 0) is 28.6 Å². The van der Waals surface area contributed by atoms with Crippen molar-refractivity contribution in [1.82, 2.24) is 0 Å². The van der Waals surface area contributed by atoms with E-state index in [9.17, 15) is 14.4 Å². The van der Waals surface area contributed by atoms with E-state index in [0.29, 0.717) is 19.3 Å². The van der Waals surface area contributed by atoms with Gasteiger partial charge in [-0.25, -0.2) is 0 Å². The Morgan fingerprint density at radius 1 is 0.247 bits per heavy atom. The average molecular weight is 1130 g/mol. The molecule has 472 valence electrons. The van der Waals surface area contributed by atoms with E-state index in [2.05, 4.69) is 81.5 Å². The number of hydrogen-bond acceptors (Lipinski definition) is 6. The lowest BCUT2D eigenvalue weighted by atomic mass is 10.0. The first-order chi connectivity index (χ1) is 40.0. The quantitative estimate of drug-likeness (QED) is 0.0261. The van der Waals surface area contributed by atoms with Crippen molar-refractivity contribution < 1.29 is 28.6 Å². The van der Waals surface area contributed by atoms with Crippen LogP contribution in [-0.4, -0.2) is 37.2 Å². The predicted molar refractivity (Wildman–Crippen MR) is 353 cm³/mol. The molecule has 0 N–H and O–H groups in total. The molecule has 0 saturated carbocycles. The average Bonchev–Trinajstić information content (AvgIpc) is 3.46. The van der Waals surface area contributed by atoms with Crippen LogP contribution in [0.4, 0.5) is 0 Å². The summed E-state index contributed by atoms with van der Waals surface area (Å²) in [4.78, 5) is 38.4. The molecule has 0 aliphatic rings. The van der Waals surface area contributed by atoms with Crippen molar-refractivity contribution in [2.24, 2.45) is 0 Å². The number of allylic oxidation sites excluding steroid dienone is 10. The zero-order valence-corrected chi connectivity index (χ0v) is 54.3. The maximum atomic E-state index is 12.9. The molecule has 0 aromatic rings. The van der Waals surface area contributed by atoms with E-state index in [0.717, 1.165) is 96.3 Å². The van der Waals surface area contributed by atoms with Crippen LogP contribution in [0.3, 0.4) is 0 Å². The van der Waals surface area contributed by atoms with E-state index in [1.165, 1.54) is 244 Å². The van der Waals surface area contributed by atoms with Crippen LogP contribution in [0.2, 0.25) is 0 Å². The Hall–Kier alpha value is -2.89. The second-order valence-electron chi connectivity index (χ2n) is 24.1. The van der Waals surface area contributed by atoms with Crippen LogP contribution in [0.5, 0.6) is 0 Å². The van der Waals surface area contributed by atoms with E-state index in [4.69, 9.17) is 14.2 Å². The molecule has 81 heavy (non-hydrogen) atoms. The molecule has 0 aromatic heterocycles. The lowest BCUT2D eigenvalue weighted by molar-refractivity contribution is -0.167. The number of unbranched alkanes of at least 4 members (excludes halogenated alkanes) is 45. The maximum Gasteiger partial charge on any atom is 0.306 e. The summed E-state index contributed by atoms with van der Waals surface area (Å²) in [5.41, 5.74) is 0. The van der Waals surface area contributed by atoms with Crippen LogP contribution in [0.25, 0.3) is 0 Å². The Kier molecular flexibility index (Phi) is 67.1. The first kappa shape index (κ1) is 78.1. The van der Waals surface area contributed by atoms with E-state index in [1.807, 2.05) is 0 Å². The van der Waals surface area contributed by atoms with Crippen LogP contribution >= 0.6 is 0 Å². The normalized spacial score (nSPS) is 12.4. The van der Waals surface area contributed by atoms with Gasteiger partial charge in [0, 0.05) is 19.3 Å². The number of carbonyl (C=O) groups excluding carboxylic acids is 3. The third kappa shape index (κ3) is 67.8. The molecule has 6 nitrogen and oxygen atoms in total. The van der Waals surface area contributed by atoms with Gasteiger partial charge in [-0.1, -0.05) is 338 Å². The Morgan fingerprint density at radius 2 is 0.469 bits per heavy atom. The molecule has 1 atom stereocenters. The van der Waals surface area contributed by atoms with Gasteiger partial charge < -0.3 is 14.2 Å². The number of rotatable bonds is 66. The highest BCUT2D eigenvalue weighted by atomic mass is 16.6. The number of esters is 3. The molecule has 0 fully saturated rings. The Balaban J connectivity index is 4.22. The van der Waals surface area contributed by atoms with Gasteiger partial charge in [-0.05, 0) is 83.5 Å². The molecule has 0 aliphatic heterocycles. The third-order valence-corrected chi connectivity index (χ3v) is 16.0. The Labute approximate surface area is 504 Å². The maximum absolute atomic E-state index is 12.9. The van der Waals surface area contributed by atoms with Gasteiger partial charge in [0.2, 0.25) is 0 Å². The molecule has 0 heterocycles. The summed E-state index contributed by atoms with van der Waals surface area (Å²) in [6, 6.07) is 0. The summed E-state index contributed by atoms with van der Waals surface area (Å²) < 4.78 is 17.0. The number of carbonyl (C=O) groups is 3. The topological polar surface area (TPSA) is 78.9 Å². The summed E-state index contributed by atoms with van der Waals surface area (Å²) in [6.07, 6.45) is 89.7. The fourth-order valence-corrected chi connectivity index (χ4v) is 10.6. The molecule has 0 amide bonds. The van der Waals surface area contributed by atoms with Crippen molar-refractivity contribution in [1.29, 1.82) is 0 Å². The van der Waals surface area contributed by atoms with Gasteiger partial charge in [0.05, 0.1) is 0 Å². The smallest absolute Gasteiger partial charge is 0.306 e. The highest BCUT2D eigenvalue weighted by Gasteiger charge is 2.19. The van der Waals surface area contributed by atoms with Gasteiger partial charge in [0.1, 0.15) is 13.2 Å². The highest BCUT2D eigenvalue weighted by Crippen LogP contribution is 2.18. The molecule has 0 aromatic carbocycles. The number of hydrogen-bond donors (Lipinski definition) is 0. The number of ether oxygens (including phenoxy) is 3. The molecular weight excluding hydrogens is 997 g/mol. The van der Waals surface area contributed by atoms with E-state index in [-0.39, 0.29) is 31.1 Å². The minimum atomic E-state index is -0.779. The van der Waals surface area contributed by atoms with Crippen molar-refractivity contribution >= 4 is 17.9 Å². The molecule has 0 rings (SSSR count). The molecule has 0 radical (unpaired) electrons. The monoisotopic (exact) mass is 1130 g/mol. The first-order valence-electron chi connectivity index (χ1n) is 35.8. The molecule has 0 spiro atoms. The van der Waals surface area contributed by atoms with Gasteiger partial charge in [0.25, 0.3) is 0 Å². The van der Waals surface area contributed by atoms with Crippen LogP contribution < -0.4 is 0 Å². The van der Waals surface area contributed by atoms with Gasteiger partial charge in [-0.3, -0.25) is 14.4 Å². The van der Waals surface area contributed by atoms with E-state index < -0.39 is 6.10 Å². The van der Waals surface area contributed by atoms with Gasteiger partial charge in [-0.15, -0.1) is 0 Å². The second-order valence-corrected chi connectivity index (χ2v) is 24.1. The Morgan fingerprint density at radius 3 is 0.741 bits per heavy atom.